The Balaban J connectivity index is 2.76. The predicted molar refractivity (Wildman–Crippen MR) is 58.1 cm³/mol. The van der Waals surface area contributed by atoms with E-state index in [1.807, 2.05) is 6.07 Å². The maximum atomic E-state index is 3.35. The Labute approximate surface area is 88.4 Å². The van der Waals surface area contributed by atoms with Gasteiger partial charge in [-0.05, 0) is 0 Å². The van der Waals surface area contributed by atoms with Crippen LogP contribution in [0.3, 0.4) is 0 Å². The van der Waals surface area contributed by atoms with E-state index < -0.39 is 0 Å². The zero-order valence-corrected chi connectivity index (χ0v) is 9.44. The Morgan fingerprint density at radius 3 is 2.93 bits per heavy atom. The van der Waals surface area contributed by atoms with Gasteiger partial charge in [-0.15, -0.1) is 0 Å². The van der Waals surface area contributed by atoms with Crippen LogP contribution in [0, 0.1) is 20.5 Å². The first-order valence-corrected chi connectivity index (χ1v) is 6.61. The molecule has 0 N–H and O–H groups in total. The van der Waals surface area contributed by atoms with Gasteiger partial charge in [0.05, 0.1) is 0 Å². The fraction of sp³-hybridized carbons (Fsp3) is 0. The van der Waals surface area contributed by atoms with Crippen molar-refractivity contribution in [3.05, 3.63) is 68.1 Å². The van der Waals surface area contributed by atoms with Gasteiger partial charge in [-0.3, -0.25) is 0 Å². The number of benzene rings is 2. The van der Waals surface area contributed by atoms with Crippen molar-refractivity contribution in [3.8, 4) is 0 Å². The van der Waals surface area contributed by atoms with Gasteiger partial charge < -0.3 is 0 Å². The second-order valence-electron chi connectivity index (χ2n) is 3.28. The minimum absolute atomic E-state index is 0.195. The third kappa shape index (κ3) is 1.19. The maximum absolute atomic E-state index is 3.35. The molecule has 0 amide bonds. The topological polar surface area (TPSA) is 0 Å². The summed E-state index contributed by atoms with van der Waals surface area (Å²) < 4.78 is 1.47. The van der Waals surface area contributed by atoms with Crippen LogP contribution >= 0.6 is 0 Å². The van der Waals surface area contributed by atoms with Crippen LogP contribution in [0.1, 0.15) is 0 Å². The third-order valence-electron chi connectivity index (χ3n) is 2.41. The molecule has 0 nitrogen and oxygen atoms in total. The zero-order valence-electron chi connectivity index (χ0n) is 7.57. The van der Waals surface area contributed by atoms with Crippen LogP contribution < -0.4 is 5.22 Å². The molecular weight excluding hydrogens is 231 g/mol. The second kappa shape index (κ2) is 3.22. The van der Waals surface area contributed by atoms with Gasteiger partial charge in [0.1, 0.15) is 0 Å². The Morgan fingerprint density at radius 2 is 1.93 bits per heavy atom. The molecule has 1 aliphatic rings. The molecule has 0 fully saturated rings. The summed E-state index contributed by atoms with van der Waals surface area (Å²) >= 11 is 0.195. The summed E-state index contributed by atoms with van der Waals surface area (Å²) in [5.74, 6) is 0. The average molecular weight is 239 g/mol. The van der Waals surface area contributed by atoms with Crippen LogP contribution in [0.25, 0.3) is 4.86 Å². The molecule has 14 heavy (non-hydrogen) atoms. The summed E-state index contributed by atoms with van der Waals surface area (Å²) in [6.45, 7) is 0. The molecule has 1 heterocycles. The fourth-order valence-corrected chi connectivity index (χ4v) is 3.80. The van der Waals surface area contributed by atoms with Crippen molar-refractivity contribution < 1.29 is 0 Å². The van der Waals surface area contributed by atoms with Gasteiger partial charge in [0.15, 0.2) is 0 Å². The number of hydrogen-bond donors (Lipinski definition) is 0. The molecule has 0 saturated carbocycles. The summed E-state index contributed by atoms with van der Waals surface area (Å²) in [7, 11) is 0. The van der Waals surface area contributed by atoms with E-state index >= 15 is 0 Å². The molecule has 1 aliphatic heterocycles. The molecule has 0 spiro atoms. The van der Waals surface area contributed by atoms with Gasteiger partial charge in [0.25, 0.3) is 0 Å². The first-order chi connectivity index (χ1) is 6.95. The van der Waals surface area contributed by atoms with Crippen molar-refractivity contribution in [2.24, 2.45) is 0 Å². The van der Waals surface area contributed by atoms with Gasteiger partial charge >= 0.3 is 88.3 Å². The van der Waals surface area contributed by atoms with E-state index in [-0.39, 0.29) is 15.3 Å². The van der Waals surface area contributed by atoms with Gasteiger partial charge in [0.2, 0.25) is 0 Å². The molecule has 65 valence electrons. The van der Waals surface area contributed by atoms with Crippen LogP contribution in [0.2, 0.25) is 0 Å². The summed E-state index contributed by atoms with van der Waals surface area (Å²) in [6.07, 6.45) is 0. The van der Waals surface area contributed by atoms with E-state index in [2.05, 4.69) is 47.3 Å². The van der Waals surface area contributed by atoms with Gasteiger partial charge in [-0.25, -0.2) is 0 Å². The van der Waals surface area contributed by atoms with Crippen molar-refractivity contribution in [1.29, 1.82) is 0 Å². The average Bonchev–Trinajstić information content (AvgIpc) is 2.29. The van der Waals surface area contributed by atoms with E-state index in [1.54, 1.807) is 0 Å². The van der Waals surface area contributed by atoms with E-state index in [4.69, 9.17) is 0 Å². The molecule has 1 heteroatoms. The quantitative estimate of drug-likeness (QED) is 0.611. The second-order valence-corrected chi connectivity index (χ2v) is 5.37. The van der Waals surface area contributed by atoms with Crippen molar-refractivity contribution in [3.63, 3.8) is 0 Å². The number of fused-ring (bicyclic) bond motifs is 2. The molecule has 3 rings (SSSR count). The Morgan fingerprint density at radius 1 is 1.00 bits per heavy atom. The number of hydrogen-bond acceptors (Lipinski definition) is 0. The minimum atomic E-state index is 0.195. The Bertz CT molecular complexity index is 622. The van der Waals surface area contributed by atoms with E-state index in [0.717, 1.165) is 0 Å². The monoisotopic (exact) mass is 239 g/mol. The molecule has 1 radical (unpaired) electrons. The van der Waals surface area contributed by atoms with E-state index in [1.165, 1.54) is 19.6 Å². The summed E-state index contributed by atoms with van der Waals surface area (Å²) in [4.78, 5) is 2.38. The van der Waals surface area contributed by atoms with Crippen LogP contribution in [0.15, 0.2) is 42.5 Å². The SMILES string of the molecule is [c]1cccc2c1=c1ccccc1=C[As]=2. The van der Waals surface area contributed by atoms with E-state index in [0.29, 0.717) is 0 Å². The van der Waals surface area contributed by atoms with E-state index in [9.17, 15) is 0 Å². The van der Waals surface area contributed by atoms with Crippen LogP contribution in [-0.2, 0) is 0 Å². The standard InChI is InChI=1S/C13H8As/c1-2-6-11-10(5-1)9-14-13-8-4-3-7-12(11)13/h1-6,8-9H. The van der Waals surface area contributed by atoms with Gasteiger partial charge in [-0.1, -0.05) is 0 Å². The van der Waals surface area contributed by atoms with Crippen LogP contribution in [0.4, 0.5) is 0 Å². The summed E-state index contributed by atoms with van der Waals surface area (Å²) in [5, 5.41) is 4.03. The van der Waals surface area contributed by atoms with Gasteiger partial charge in [0, 0.05) is 0 Å². The molecule has 0 atom stereocenters. The van der Waals surface area contributed by atoms with Crippen molar-refractivity contribution in [1.82, 2.24) is 0 Å². The third-order valence-corrected chi connectivity index (χ3v) is 4.63. The molecule has 0 aliphatic carbocycles. The molecular formula is C13H8As. The first kappa shape index (κ1) is 8.20. The fourth-order valence-electron chi connectivity index (χ4n) is 1.73. The molecule has 2 aromatic rings. The van der Waals surface area contributed by atoms with Crippen LogP contribution in [0.5, 0.6) is 0 Å². The zero-order chi connectivity index (χ0) is 9.38. The van der Waals surface area contributed by atoms with Crippen molar-refractivity contribution in [2.75, 3.05) is 0 Å². The molecule has 0 saturated heterocycles. The predicted octanol–water partition coefficient (Wildman–Crippen LogP) is 1.48. The van der Waals surface area contributed by atoms with Crippen LogP contribution in [-0.4, -0.2) is 15.3 Å². The van der Waals surface area contributed by atoms with Gasteiger partial charge in [-0.2, -0.15) is 0 Å². The Kier molecular flexibility index (Phi) is 1.89. The number of rotatable bonds is 0. The van der Waals surface area contributed by atoms with Crippen molar-refractivity contribution in [2.45, 2.75) is 0 Å². The summed E-state index contributed by atoms with van der Waals surface area (Å²) in [6, 6.07) is 18.2. The molecule has 0 aromatic heterocycles. The molecule has 2 aromatic carbocycles. The van der Waals surface area contributed by atoms with Crippen molar-refractivity contribution >= 4 is 20.2 Å². The normalized spacial score (nSPS) is 13.1. The molecule has 0 unspecified atom stereocenters. The molecule has 0 bridgehead atoms. The Hall–Kier alpha value is -1.13. The first-order valence-electron chi connectivity index (χ1n) is 4.59. The summed E-state index contributed by atoms with van der Waals surface area (Å²) in [5.41, 5.74) is 0.